The van der Waals surface area contributed by atoms with Crippen LogP contribution in [0, 0.1) is 5.82 Å². The number of carbonyl (C=O) groups is 1. The van der Waals surface area contributed by atoms with Gasteiger partial charge in [-0.15, -0.1) is 11.3 Å². The van der Waals surface area contributed by atoms with Crippen molar-refractivity contribution in [2.24, 2.45) is 0 Å². The lowest BCUT2D eigenvalue weighted by Crippen LogP contribution is -3.15. The van der Waals surface area contributed by atoms with Gasteiger partial charge < -0.3 is 15.1 Å². The van der Waals surface area contributed by atoms with Crippen LogP contribution in [0.5, 0.6) is 0 Å². The summed E-state index contributed by atoms with van der Waals surface area (Å²) in [6.07, 6.45) is 0. The molecule has 1 aromatic carbocycles. The van der Waals surface area contributed by atoms with E-state index in [4.69, 9.17) is 0 Å². The summed E-state index contributed by atoms with van der Waals surface area (Å²) in [6, 6.07) is 10.7. The second-order valence-electron chi connectivity index (χ2n) is 6.19. The molecule has 1 saturated heterocycles. The zero-order chi connectivity index (χ0) is 16.9. The standard InChI is InChI=1S/C18H22FN3OS/c1-14(17-3-2-12-24-17)20-18(23)13-21-8-10-22(11-9-21)16-6-4-15(19)5-7-16/h2-7,12,14H,8-11,13H2,1H3,(H,20,23)/p+1/t14-/m1/s1. The Balaban J connectivity index is 1.45. The molecule has 0 saturated carbocycles. The molecule has 6 heteroatoms. The second kappa shape index (κ2) is 7.77. The van der Waals surface area contributed by atoms with E-state index in [2.05, 4.69) is 10.2 Å². The molecule has 2 aromatic rings. The molecule has 24 heavy (non-hydrogen) atoms. The molecule has 0 aliphatic carbocycles. The van der Waals surface area contributed by atoms with Gasteiger partial charge >= 0.3 is 0 Å². The Kier molecular flexibility index (Phi) is 5.48. The van der Waals surface area contributed by atoms with Gasteiger partial charge in [-0.05, 0) is 42.6 Å². The third-order valence-corrected chi connectivity index (χ3v) is 5.48. The number of thiophene rings is 1. The molecule has 1 atom stereocenters. The molecule has 1 aromatic heterocycles. The SMILES string of the molecule is C[C@@H](NC(=O)C[NH+]1CCN(c2ccc(F)cc2)CC1)c1cccs1. The van der Waals surface area contributed by atoms with Crippen LogP contribution in [-0.4, -0.2) is 38.6 Å². The number of hydrogen-bond donors (Lipinski definition) is 2. The molecule has 0 spiro atoms. The summed E-state index contributed by atoms with van der Waals surface area (Å²) in [5.41, 5.74) is 1.05. The Bertz CT molecular complexity index is 651. The highest BCUT2D eigenvalue weighted by atomic mass is 32.1. The van der Waals surface area contributed by atoms with E-state index in [-0.39, 0.29) is 17.8 Å². The van der Waals surface area contributed by atoms with E-state index in [1.807, 2.05) is 36.6 Å². The molecule has 1 aliphatic heterocycles. The summed E-state index contributed by atoms with van der Waals surface area (Å²) in [7, 11) is 0. The third kappa shape index (κ3) is 4.33. The first-order valence-corrected chi connectivity index (χ1v) is 9.16. The number of nitrogens with one attached hydrogen (secondary N) is 2. The smallest absolute Gasteiger partial charge is 0.275 e. The minimum Gasteiger partial charge on any atom is -0.360 e. The number of benzene rings is 1. The van der Waals surface area contributed by atoms with Gasteiger partial charge in [0.1, 0.15) is 5.82 Å². The molecule has 4 nitrogen and oxygen atoms in total. The van der Waals surface area contributed by atoms with Crippen LogP contribution in [0.1, 0.15) is 17.8 Å². The van der Waals surface area contributed by atoms with Crippen LogP contribution in [-0.2, 0) is 4.79 Å². The van der Waals surface area contributed by atoms with Crippen LogP contribution >= 0.6 is 11.3 Å². The van der Waals surface area contributed by atoms with Crippen LogP contribution in [0.2, 0.25) is 0 Å². The maximum atomic E-state index is 13.0. The van der Waals surface area contributed by atoms with Gasteiger partial charge in [-0.3, -0.25) is 4.79 Å². The minimum absolute atomic E-state index is 0.0670. The summed E-state index contributed by atoms with van der Waals surface area (Å²) in [6.45, 7) is 6.12. The van der Waals surface area contributed by atoms with E-state index in [0.717, 1.165) is 31.9 Å². The number of anilines is 1. The minimum atomic E-state index is -0.209. The van der Waals surface area contributed by atoms with Gasteiger partial charge in [0.05, 0.1) is 32.2 Å². The normalized spacial score (nSPS) is 16.8. The van der Waals surface area contributed by atoms with Crippen molar-refractivity contribution in [2.45, 2.75) is 13.0 Å². The molecule has 1 fully saturated rings. The summed E-state index contributed by atoms with van der Waals surface area (Å²) < 4.78 is 13.0. The van der Waals surface area contributed by atoms with Gasteiger partial charge in [0.2, 0.25) is 0 Å². The first-order chi connectivity index (χ1) is 11.6. The predicted octanol–water partition coefficient (Wildman–Crippen LogP) is 1.47. The van der Waals surface area contributed by atoms with Crippen molar-refractivity contribution in [3.63, 3.8) is 0 Å². The van der Waals surface area contributed by atoms with E-state index in [1.165, 1.54) is 21.9 Å². The van der Waals surface area contributed by atoms with Crippen molar-refractivity contribution in [2.75, 3.05) is 37.6 Å². The number of amides is 1. The van der Waals surface area contributed by atoms with Crippen molar-refractivity contribution in [3.05, 3.63) is 52.5 Å². The Morgan fingerprint density at radius 1 is 1.29 bits per heavy atom. The molecular weight excluding hydrogens is 325 g/mol. The molecule has 3 rings (SSSR count). The van der Waals surface area contributed by atoms with E-state index in [9.17, 15) is 9.18 Å². The van der Waals surface area contributed by atoms with Crippen molar-refractivity contribution in [1.29, 1.82) is 0 Å². The van der Waals surface area contributed by atoms with Gasteiger partial charge in [-0.1, -0.05) is 6.07 Å². The Morgan fingerprint density at radius 3 is 2.62 bits per heavy atom. The lowest BCUT2D eigenvalue weighted by Gasteiger charge is -2.33. The molecule has 1 aliphatic rings. The molecule has 128 valence electrons. The summed E-state index contributed by atoms with van der Waals surface area (Å²) in [5, 5.41) is 5.10. The van der Waals surface area contributed by atoms with Crippen LogP contribution in [0.4, 0.5) is 10.1 Å². The van der Waals surface area contributed by atoms with Crippen molar-refractivity contribution >= 4 is 22.9 Å². The third-order valence-electron chi connectivity index (χ3n) is 4.42. The van der Waals surface area contributed by atoms with E-state index in [0.29, 0.717) is 6.54 Å². The van der Waals surface area contributed by atoms with Gasteiger partial charge in [0.25, 0.3) is 5.91 Å². The van der Waals surface area contributed by atoms with Crippen LogP contribution < -0.4 is 15.1 Å². The zero-order valence-corrected chi connectivity index (χ0v) is 14.6. The molecule has 2 N–H and O–H groups in total. The van der Waals surface area contributed by atoms with Crippen LogP contribution in [0.15, 0.2) is 41.8 Å². The highest BCUT2D eigenvalue weighted by Crippen LogP contribution is 2.17. The van der Waals surface area contributed by atoms with Crippen molar-refractivity contribution in [3.8, 4) is 0 Å². The second-order valence-corrected chi connectivity index (χ2v) is 7.17. The van der Waals surface area contributed by atoms with E-state index < -0.39 is 0 Å². The number of halogens is 1. The van der Waals surface area contributed by atoms with Gasteiger partial charge in [-0.25, -0.2) is 4.39 Å². The zero-order valence-electron chi connectivity index (χ0n) is 13.8. The van der Waals surface area contributed by atoms with Crippen LogP contribution in [0.25, 0.3) is 0 Å². The lowest BCUT2D eigenvalue weighted by molar-refractivity contribution is -0.892. The number of nitrogens with zero attached hydrogens (tertiary/aromatic N) is 1. The average molecular weight is 348 g/mol. The molecule has 2 heterocycles. The number of carbonyl (C=O) groups excluding carboxylic acids is 1. The van der Waals surface area contributed by atoms with Crippen molar-refractivity contribution < 1.29 is 14.1 Å². The highest BCUT2D eigenvalue weighted by Gasteiger charge is 2.23. The maximum Gasteiger partial charge on any atom is 0.275 e. The molecule has 0 bridgehead atoms. The number of hydrogen-bond acceptors (Lipinski definition) is 3. The van der Waals surface area contributed by atoms with Gasteiger partial charge in [-0.2, -0.15) is 0 Å². The highest BCUT2D eigenvalue weighted by molar-refractivity contribution is 7.10. The van der Waals surface area contributed by atoms with Crippen LogP contribution in [0.3, 0.4) is 0 Å². The van der Waals surface area contributed by atoms with Gasteiger partial charge in [0.15, 0.2) is 6.54 Å². The fourth-order valence-electron chi connectivity index (χ4n) is 3.04. The first kappa shape index (κ1) is 16.9. The number of rotatable bonds is 5. The monoisotopic (exact) mass is 348 g/mol. The summed E-state index contributed by atoms with van der Waals surface area (Å²) >= 11 is 1.66. The topological polar surface area (TPSA) is 36.8 Å². The Hall–Kier alpha value is -1.92. The average Bonchev–Trinajstić information content (AvgIpc) is 3.11. The lowest BCUT2D eigenvalue weighted by atomic mass is 10.2. The predicted molar refractivity (Wildman–Crippen MR) is 95.1 cm³/mol. The molecular formula is C18H23FN3OS+. The molecule has 0 radical (unpaired) electrons. The Labute approximate surface area is 145 Å². The maximum absolute atomic E-state index is 13.0. The number of quaternary nitrogens is 1. The Morgan fingerprint density at radius 2 is 2.00 bits per heavy atom. The summed E-state index contributed by atoms with van der Waals surface area (Å²) in [5.74, 6) is -0.110. The fourth-order valence-corrected chi connectivity index (χ4v) is 3.77. The fraction of sp³-hybridized carbons (Fsp3) is 0.389. The molecule has 0 unspecified atom stereocenters. The first-order valence-electron chi connectivity index (χ1n) is 8.28. The largest absolute Gasteiger partial charge is 0.360 e. The quantitative estimate of drug-likeness (QED) is 0.859. The van der Waals surface area contributed by atoms with E-state index >= 15 is 0 Å². The van der Waals surface area contributed by atoms with Crippen molar-refractivity contribution in [1.82, 2.24) is 5.32 Å². The van der Waals surface area contributed by atoms with Gasteiger partial charge in [0, 0.05) is 10.6 Å². The number of piperazine rings is 1. The molecule has 1 amide bonds. The summed E-state index contributed by atoms with van der Waals surface area (Å²) in [4.78, 5) is 16.9. The van der Waals surface area contributed by atoms with E-state index in [1.54, 1.807) is 11.3 Å².